The number of rotatable bonds is 7. The second-order valence-electron chi connectivity index (χ2n) is 3.88. The molecule has 0 radical (unpaired) electrons. The van der Waals surface area contributed by atoms with Gasteiger partial charge in [0.1, 0.15) is 5.82 Å². The van der Waals surface area contributed by atoms with E-state index in [4.69, 9.17) is 4.74 Å². The van der Waals surface area contributed by atoms with Crippen LogP contribution in [0.4, 0.5) is 10.1 Å². The minimum atomic E-state index is -0.224. The zero-order valence-electron chi connectivity index (χ0n) is 10.1. The van der Waals surface area contributed by atoms with E-state index in [1.54, 1.807) is 17.4 Å². The number of benzene rings is 1. The standard InChI is InChI=1S/C14H16FNOS/c15-12-3-1-4-13(11-12)16-7-9-17-8-6-14-5-2-10-18-14/h1-5,10-11,16H,6-9H2. The number of ether oxygens (including phenoxy) is 1. The van der Waals surface area contributed by atoms with Crippen molar-refractivity contribution in [2.75, 3.05) is 25.1 Å². The lowest BCUT2D eigenvalue weighted by molar-refractivity contribution is 0.147. The Morgan fingerprint density at radius 2 is 2.11 bits per heavy atom. The average molecular weight is 265 g/mol. The lowest BCUT2D eigenvalue weighted by Crippen LogP contribution is -2.10. The van der Waals surface area contributed by atoms with Crippen LogP contribution in [-0.4, -0.2) is 19.8 Å². The monoisotopic (exact) mass is 265 g/mol. The van der Waals surface area contributed by atoms with E-state index in [2.05, 4.69) is 16.8 Å². The summed E-state index contributed by atoms with van der Waals surface area (Å²) in [4.78, 5) is 1.34. The SMILES string of the molecule is Fc1cccc(NCCOCCc2cccs2)c1. The maximum atomic E-state index is 12.9. The maximum Gasteiger partial charge on any atom is 0.125 e. The molecule has 2 rings (SSSR count). The van der Waals surface area contributed by atoms with E-state index in [1.807, 2.05) is 12.1 Å². The molecule has 0 atom stereocenters. The molecular formula is C14H16FNOS. The van der Waals surface area contributed by atoms with Crippen molar-refractivity contribution in [3.63, 3.8) is 0 Å². The highest BCUT2D eigenvalue weighted by Crippen LogP contribution is 2.09. The van der Waals surface area contributed by atoms with Crippen LogP contribution in [0.2, 0.25) is 0 Å². The first-order valence-electron chi connectivity index (χ1n) is 5.94. The summed E-state index contributed by atoms with van der Waals surface area (Å²) in [6.07, 6.45) is 0.956. The number of halogens is 1. The summed E-state index contributed by atoms with van der Waals surface area (Å²) in [5.41, 5.74) is 0.789. The third kappa shape index (κ3) is 4.47. The van der Waals surface area contributed by atoms with Crippen LogP contribution in [0.3, 0.4) is 0 Å². The van der Waals surface area contributed by atoms with Crippen LogP contribution in [0.15, 0.2) is 41.8 Å². The number of nitrogens with one attached hydrogen (secondary N) is 1. The molecule has 0 aliphatic rings. The first kappa shape index (κ1) is 13.1. The Balaban J connectivity index is 1.56. The molecule has 4 heteroatoms. The third-order valence-corrected chi connectivity index (χ3v) is 3.41. The van der Waals surface area contributed by atoms with E-state index >= 15 is 0 Å². The van der Waals surface area contributed by atoms with E-state index in [0.29, 0.717) is 13.2 Å². The Hall–Kier alpha value is -1.39. The molecule has 0 saturated carbocycles. The van der Waals surface area contributed by atoms with Crippen molar-refractivity contribution in [2.45, 2.75) is 6.42 Å². The van der Waals surface area contributed by atoms with E-state index in [-0.39, 0.29) is 5.82 Å². The molecule has 96 valence electrons. The molecule has 1 aromatic carbocycles. The minimum absolute atomic E-state index is 0.224. The Bertz CT molecular complexity index is 459. The molecule has 0 amide bonds. The van der Waals surface area contributed by atoms with Crippen LogP contribution in [0.25, 0.3) is 0 Å². The molecule has 0 spiro atoms. The van der Waals surface area contributed by atoms with E-state index < -0.39 is 0 Å². The van der Waals surface area contributed by atoms with Crippen molar-refractivity contribution in [2.24, 2.45) is 0 Å². The number of hydrogen-bond acceptors (Lipinski definition) is 3. The number of hydrogen-bond donors (Lipinski definition) is 1. The molecule has 0 aliphatic heterocycles. The molecule has 18 heavy (non-hydrogen) atoms. The number of thiophene rings is 1. The summed E-state index contributed by atoms with van der Waals surface area (Å²) in [7, 11) is 0. The van der Waals surface area contributed by atoms with Crippen LogP contribution >= 0.6 is 11.3 Å². The molecule has 2 aromatic rings. The van der Waals surface area contributed by atoms with Gasteiger partial charge in [-0.1, -0.05) is 12.1 Å². The van der Waals surface area contributed by atoms with Gasteiger partial charge in [0.25, 0.3) is 0 Å². The Morgan fingerprint density at radius 1 is 1.17 bits per heavy atom. The molecule has 0 bridgehead atoms. The van der Waals surface area contributed by atoms with Gasteiger partial charge in [-0.3, -0.25) is 0 Å². The molecule has 0 aliphatic carbocycles. The van der Waals surface area contributed by atoms with Gasteiger partial charge in [0.2, 0.25) is 0 Å². The van der Waals surface area contributed by atoms with Crippen LogP contribution < -0.4 is 5.32 Å². The largest absolute Gasteiger partial charge is 0.383 e. The van der Waals surface area contributed by atoms with Gasteiger partial charge in [-0.15, -0.1) is 11.3 Å². The van der Waals surface area contributed by atoms with Crippen molar-refractivity contribution in [1.29, 1.82) is 0 Å². The summed E-state index contributed by atoms with van der Waals surface area (Å²) in [5.74, 6) is -0.224. The van der Waals surface area contributed by atoms with Crippen molar-refractivity contribution in [3.8, 4) is 0 Å². The summed E-state index contributed by atoms with van der Waals surface area (Å²) in [5, 5.41) is 5.19. The third-order valence-electron chi connectivity index (χ3n) is 2.47. The minimum Gasteiger partial charge on any atom is -0.383 e. The molecule has 1 heterocycles. The van der Waals surface area contributed by atoms with E-state index in [9.17, 15) is 4.39 Å². The fraction of sp³-hybridized carbons (Fsp3) is 0.286. The average Bonchev–Trinajstić information content (AvgIpc) is 2.87. The lowest BCUT2D eigenvalue weighted by atomic mass is 10.3. The highest BCUT2D eigenvalue weighted by Gasteiger charge is 1.95. The molecule has 0 unspecified atom stereocenters. The predicted octanol–water partition coefficient (Wildman–Crippen LogP) is 3.56. The zero-order chi connectivity index (χ0) is 12.6. The smallest absolute Gasteiger partial charge is 0.125 e. The fourth-order valence-corrected chi connectivity index (χ4v) is 2.29. The zero-order valence-corrected chi connectivity index (χ0v) is 10.9. The second-order valence-corrected chi connectivity index (χ2v) is 4.91. The summed E-state index contributed by atoms with van der Waals surface area (Å²) < 4.78 is 18.4. The normalized spacial score (nSPS) is 10.5. The molecular weight excluding hydrogens is 249 g/mol. The van der Waals surface area contributed by atoms with Crippen molar-refractivity contribution in [1.82, 2.24) is 0 Å². The van der Waals surface area contributed by atoms with Crippen molar-refractivity contribution in [3.05, 3.63) is 52.5 Å². The lowest BCUT2D eigenvalue weighted by Gasteiger charge is -2.07. The quantitative estimate of drug-likeness (QED) is 0.773. The number of anilines is 1. The molecule has 1 N–H and O–H groups in total. The van der Waals surface area contributed by atoms with Crippen LogP contribution in [0.5, 0.6) is 0 Å². The highest BCUT2D eigenvalue weighted by molar-refractivity contribution is 7.09. The van der Waals surface area contributed by atoms with Crippen LogP contribution in [0, 0.1) is 5.82 Å². The van der Waals surface area contributed by atoms with Crippen molar-refractivity contribution < 1.29 is 9.13 Å². The van der Waals surface area contributed by atoms with Gasteiger partial charge in [-0.05, 0) is 29.6 Å². The molecule has 0 saturated heterocycles. The Labute approximate surface area is 110 Å². The summed E-state index contributed by atoms with van der Waals surface area (Å²) in [6.45, 7) is 2.04. The Kier molecular flexibility index (Phi) is 5.17. The second kappa shape index (κ2) is 7.13. The predicted molar refractivity (Wildman–Crippen MR) is 73.7 cm³/mol. The molecule has 2 nitrogen and oxygen atoms in total. The first-order valence-corrected chi connectivity index (χ1v) is 6.82. The van der Waals surface area contributed by atoms with Gasteiger partial charge in [-0.25, -0.2) is 4.39 Å². The summed E-state index contributed by atoms with van der Waals surface area (Å²) >= 11 is 1.75. The first-order chi connectivity index (χ1) is 8.84. The van der Waals surface area contributed by atoms with E-state index in [1.165, 1.54) is 17.0 Å². The van der Waals surface area contributed by atoms with Crippen LogP contribution in [0.1, 0.15) is 4.88 Å². The van der Waals surface area contributed by atoms with Gasteiger partial charge in [-0.2, -0.15) is 0 Å². The van der Waals surface area contributed by atoms with E-state index in [0.717, 1.165) is 18.7 Å². The van der Waals surface area contributed by atoms with Gasteiger partial charge < -0.3 is 10.1 Å². The topological polar surface area (TPSA) is 21.3 Å². The molecule has 1 aromatic heterocycles. The maximum absolute atomic E-state index is 12.9. The highest BCUT2D eigenvalue weighted by atomic mass is 32.1. The van der Waals surface area contributed by atoms with Gasteiger partial charge >= 0.3 is 0 Å². The fourth-order valence-electron chi connectivity index (χ4n) is 1.60. The van der Waals surface area contributed by atoms with Crippen molar-refractivity contribution >= 4 is 17.0 Å². The summed E-state index contributed by atoms with van der Waals surface area (Å²) in [6, 6.07) is 10.6. The van der Waals surface area contributed by atoms with Gasteiger partial charge in [0.15, 0.2) is 0 Å². The van der Waals surface area contributed by atoms with Crippen LogP contribution in [-0.2, 0) is 11.2 Å². The van der Waals surface area contributed by atoms with Gasteiger partial charge in [0, 0.05) is 23.5 Å². The van der Waals surface area contributed by atoms with Gasteiger partial charge in [0.05, 0.1) is 13.2 Å². The molecule has 0 fully saturated rings. The Morgan fingerprint density at radius 3 is 2.89 bits per heavy atom.